The van der Waals surface area contributed by atoms with Gasteiger partial charge in [-0.1, -0.05) is 33.6 Å². The summed E-state index contributed by atoms with van der Waals surface area (Å²) in [6, 6.07) is 7.05. The summed E-state index contributed by atoms with van der Waals surface area (Å²) in [6.07, 6.45) is 2.08. The van der Waals surface area contributed by atoms with Gasteiger partial charge in [0.15, 0.2) is 0 Å². The average molecular weight is 358 g/mol. The van der Waals surface area contributed by atoms with Crippen LogP contribution in [0.4, 0.5) is 5.69 Å². The van der Waals surface area contributed by atoms with Gasteiger partial charge in [-0.2, -0.15) is 0 Å². The van der Waals surface area contributed by atoms with E-state index >= 15 is 0 Å². The largest absolute Gasteiger partial charge is 0.550 e. The van der Waals surface area contributed by atoms with Crippen molar-refractivity contribution >= 4 is 45.1 Å². The molecule has 1 N–H and O–H groups in total. The Bertz CT molecular complexity index is 556. The van der Waals surface area contributed by atoms with Gasteiger partial charge in [0.1, 0.15) is 0 Å². The van der Waals surface area contributed by atoms with E-state index in [1.807, 2.05) is 0 Å². The van der Waals surface area contributed by atoms with Crippen molar-refractivity contribution in [2.24, 2.45) is 11.8 Å². The van der Waals surface area contributed by atoms with Gasteiger partial charge in [-0.25, -0.2) is 0 Å². The van der Waals surface area contributed by atoms with Crippen LogP contribution in [0.2, 0.25) is 0 Å². The number of carboxylic acids is 1. The number of amides is 1. The number of aliphatic carboxylic acids is 1. The van der Waals surface area contributed by atoms with Crippen molar-refractivity contribution in [3.8, 4) is 0 Å². The molecule has 106 valence electrons. The molecule has 0 fully saturated rings. The highest BCUT2D eigenvalue weighted by atomic mass is 79.9. The number of hydrogen-bond donors (Lipinski definition) is 1. The summed E-state index contributed by atoms with van der Waals surface area (Å²) >= 11 is 9.21. The topological polar surface area (TPSA) is 69.2 Å². The number of benzene rings is 1. The molecule has 0 aromatic heterocycles. The van der Waals surface area contributed by atoms with Gasteiger partial charge in [0, 0.05) is 27.1 Å². The van der Waals surface area contributed by atoms with E-state index in [4.69, 9.17) is 11.6 Å². The molecule has 6 heteroatoms. The van der Waals surface area contributed by atoms with E-state index in [9.17, 15) is 14.7 Å². The van der Waals surface area contributed by atoms with Crippen LogP contribution in [0.3, 0.4) is 0 Å². The van der Waals surface area contributed by atoms with E-state index in [0.717, 1.165) is 4.47 Å². The Balaban J connectivity index is 2.12. The van der Waals surface area contributed by atoms with E-state index in [-0.39, 0.29) is 18.7 Å². The SMILES string of the molecule is O=C([O-])[C@H]1CC=C(Cl)C[C@H]1C(=O)Nc1ccc(Br)cc1. The molecule has 0 unspecified atom stereocenters. The molecule has 0 saturated carbocycles. The highest BCUT2D eigenvalue weighted by Gasteiger charge is 2.32. The summed E-state index contributed by atoms with van der Waals surface area (Å²) in [5, 5.41) is 14.3. The number of carbonyl (C=O) groups excluding carboxylic acids is 2. The van der Waals surface area contributed by atoms with Crippen molar-refractivity contribution < 1.29 is 14.7 Å². The number of hydrogen-bond acceptors (Lipinski definition) is 3. The predicted octanol–water partition coefficient (Wildman–Crippen LogP) is 2.29. The van der Waals surface area contributed by atoms with Gasteiger partial charge in [0.25, 0.3) is 0 Å². The van der Waals surface area contributed by atoms with Gasteiger partial charge in [0.05, 0.1) is 5.92 Å². The summed E-state index contributed by atoms with van der Waals surface area (Å²) in [4.78, 5) is 23.3. The summed E-state index contributed by atoms with van der Waals surface area (Å²) in [7, 11) is 0. The highest BCUT2D eigenvalue weighted by Crippen LogP contribution is 2.32. The first-order chi connectivity index (χ1) is 9.47. The first-order valence-corrected chi connectivity index (χ1v) is 7.26. The summed E-state index contributed by atoms with van der Waals surface area (Å²) in [5.74, 6) is -3.12. The minimum Gasteiger partial charge on any atom is -0.550 e. The molecule has 0 aliphatic heterocycles. The zero-order chi connectivity index (χ0) is 14.7. The second kappa shape index (κ2) is 6.41. The zero-order valence-corrected chi connectivity index (χ0v) is 12.8. The lowest BCUT2D eigenvalue weighted by Gasteiger charge is -2.29. The van der Waals surface area contributed by atoms with Crippen LogP contribution in [0.1, 0.15) is 12.8 Å². The maximum atomic E-state index is 12.2. The number of carboxylic acid groups (broad SMARTS) is 1. The first kappa shape index (κ1) is 15.1. The lowest BCUT2D eigenvalue weighted by atomic mass is 9.82. The molecule has 1 aliphatic rings. The normalized spacial score (nSPS) is 22.0. The van der Waals surface area contributed by atoms with Gasteiger partial charge >= 0.3 is 0 Å². The molecule has 2 atom stereocenters. The molecule has 20 heavy (non-hydrogen) atoms. The molecular weight excluding hydrogens is 346 g/mol. The molecule has 1 aromatic rings. The van der Waals surface area contributed by atoms with Crippen molar-refractivity contribution in [3.05, 3.63) is 39.8 Å². The van der Waals surface area contributed by atoms with E-state index in [2.05, 4.69) is 21.2 Å². The third-order valence-electron chi connectivity index (χ3n) is 3.25. The Hall–Kier alpha value is -1.33. The molecule has 4 nitrogen and oxygen atoms in total. The standard InChI is InChI=1S/C14H13BrClNO3/c15-8-1-4-10(5-2-8)17-13(18)12-7-9(16)3-6-11(12)14(19)20/h1-5,11-12H,6-7H2,(H,17,18)(H,19,20)/p-1/t11-,12+/m0/s1. The molecule has 0 saturated heterocycles. The zero-order valence-electron chi connectivity index (χ0n) is 10.4. The number of anilines is 1. The van der Waals surface area contributed by atoms with Crippen LogP contribution < -0.4 is 10.4 Å². The van der Waals surface area contributed by atoms with Crippen LogP contribution in [0.15, 0.2) is 39.8 Å². The minimum absolute atomic E-state index is 0.222. The second-order valence-corrected chi connectivity index (χ2v) is 6.02. The van der Waals surface area contributed by atoms with Crippen LogP contribution in [0.25, 0.3) is 0 Å². The van der Waals surface area contributed by atoms with Gasteiger partial charge in [0.2, 0.25) is 5.91 Å². The monoisotopic (exact) mass is 356 g/mol. The molecule has 1 aliphatic carbocycles. The fraction of sp³-hybridized carbons (Fsp3) is 0.286. The predicted molar refractivity (Wildman–Crippen MR) is 77.9 cm³/mol. The first-order valence-electron chi connectivity index (χ1n) is 6.09. The van der Waals surface area contributed by atoms with E-state index in [1.54, 1.807) is 30.3 Å². The fourth-order valence-electron chi connectivity index (χ4n) is 2.16. The van der Waals surface area contributed by atoms with E-state index in [1.165, 1.54) is 0 Å². The molecule has 0 radical (unpaired) electrons. The van der Waals surface area contributed by atoms with Crippen LogP contribution in [0, 0.1) is 11.8 Å². The maximum absolute atomic E-state index is 12.2. The highest BCUT2D eigenvalue weighted by molar-refractivity contribution is 9.10. The lowest BCUT2D eigenvalue weighted by molar-refractivity contribution is -0.313. The van der Waals surface area contributed by atoms with Gasteiger partial charge in [-0.15, -0.1) is 0 Å². The molecule has 0 spiro atoms. The second-order valence-electron chi connectivity index (χ2n) is 4.62. The Kier molecular flexibility index (Phi) is 4.83. The van der Waals surface area contributed by atoms with Crippen LogP contribution in [-0.4, -0.2) is 11.9 Å². The maximum Gasteiger partial charge on any atom is 0.228 e. The average Bonchev–Trinajstić information content (AvgIpc) is 2.41. The molecule has 0 bridgehead atoms. The third kappa shape index (κ3) is 3.61. The van der Waals surface area contributed by atoms with E-state index < -0.39 is 17.8 Å². The van der Waals surface area contributed by atoms with Crippen molar-refractivity contribution in [1.82, 2.24) is 0 Å². The lowest BCUT2D eigenvalue weighted by Crippen LogP contribution is -2.42. The molecule has 1 aromatic carbocycles. The molecule has 2 rings (SSSR count). The van der Waals surface area contributed by atoms with Gasteiger partial charge in [-0.3, -0.25) is 4.79 Å². The van der Waals surface area contributed by atoms with Crippen molar-refractivity contribution in [2.75, 3.05) is 5.32 Å². The third-order valence-corrected chi connectivity index (χ3v) is 4.08. The fourth-order valence-corrected chi connectivity index (χ4v) is 2.68. The number of carbonyl (C=O) groups is 2. The number of rotatable bonds is 3. The van der Waals surface area contributed by atoms with Crippen molar-refractivity contribution in [3.63, 3.8) is 0 Å². The summed E-state index contributed by atoms with van der Waals surface area (Å²) < 4.78 is 0.895. The quantitative estimate of drug-likeness (QED) is 0.902. The smallest absolute Gasteiger partial charge is 0.228 e. The minimum atomic E-state index is -1.22. The Morgan fingerprint density at radius 3 is 2.50 bits per heavy atom. The Morgan fingerprint density at radius 1 is 1.25 bits per heavy atom. The van der Waals surface area contributed by atoms with E-state index in [0.29, 0.717) is 10.7 Å². The van der Waals surface area contributed by atoms with Gasteiger partial charge < -0.3 is 15.2 Å². The van der Waals surface area contributed by atoms with Crippen LogP contribution >= 0.6 is 27.5 Å². The summed E-state index contributed by atoms with van der Waals surface area (Å²) in [6.45, 7) is 0. The van der Waals surface area contributed by atoms with Gasteiger partial charge in [-0.05, 0) is 37.1 Å². The number of nitrogens with one attached hydrogen (secondary N) is 1. The number of halogens is 2. The molecule has 0 heterocycles. The van der Waals surface area contributed by atoms with Crippen molar-refractivity contribution in [1.29, 1.82) is 0 Å². The summed E-state index contributed by atoms with van der Waals surface area (Å²) in [5.41, 5.74) is 0.612. The van der Waals surface area contributed by atoms with Crippen LogP contribution in [0.5, 0.6) is 0 Å². The van der Waals surface area contributed by atoms with Crippen molar-refractivity contribution in [2.45, 2.75) is 12.8 Å². The Labute approximate surface area is 129 Å². The molecular formula is C14H12BrClNO3-. The number of allylic oxidation sites excluding steroid dienone is 2. The van der Waals surface area contributed by atoms with Crippen LogP contribution in [-0.2, 0) is 9.59 Å². The molecule has 1 amide bonds. The Morgan fingerprint density at radius 2 is 1.90 bits per heavy atom.